The van der Waals surface area contributed by atoms with Crippen LogP contribution in [0.1, 0.15) is 25.1 Å². The van der Waals surface area contributed by atoms with Crippen LogP contribution in [-0.4, -0.2) is 20.6 Å². The van der Waals surface area contributed by atoms with Gasteiger partial charge in [0.25, 0.3) is 0 Å². The van der Waals surface area contributed by atoms with Crippen molar-refractivity contribution in [2.45, 2.75) is 32.7 Å². The van der Waals surface area contributed by atoms with E-state index < -0.39 is 0 Å². The molecule has 0 spiro atoms. The molecule has 0 fully saturated rings. The van der Waals surface area contributed by atoms with Gasteiger partial charge in [-0.1, -0.05) is 5.16 Å². The van der Waals surface area contributed by atoms with Crippen molar-refractivity contribution in [1.82, 2.24) is 9.55 Å². The molecule has 1 aromatic rings. The van der Waals surface area contributed by atoms with Gasteiger partial charge in [0.05, 0.1) is 0 Å². The number of aryl methyl sites for hydroxylation is 2. The van der Waals surface area contributed by atoms with E-state index in [0.717, 1.165) is 25.2 Å². The summed E-state index contributed by atoms with van der Waals surface area (Å²) in [6, 6.07) is 0. The van der Waals surface area contributed by atoms with Crippen molar-refractivity contribution in [3.8, 4) is 0 Å². The Balaban J connectivity index is 2.20. The first kappa shape index (κ1) is 10.6. The van der Waals surface area contributed by atoms with E-state index in [2.05, 4.69) is 14.7 Å². The van der Waals surface area contributed by atoms with E-state index in [0.29, 0.717) is 12.3 Å². The first-order valence-corrected chi connectivity index (χ1v) is 4.68. The Bertz CT molecular complexity index is 306. The maximum atomic E-state index is 8.31. The lowest BCUT2D eigenvalue weighted by Gasteiger charge is -2.03. The van der Waals surface area contributed by atoms with Gasteiger partial charge in [0.15, 0.2) is 0 Å². The van der Waals surface area contributed by atoms with Crippen LogP contribution in [0.3, 0.4) is 0 Å². The zero-order valence-corrected chi connectivity index (χ0v) is 8.35. The van der Waals surface area contributed by atoms with E-state index in [9.17, 15) is 0 Å². The van der Waals surface area contributed by atoms with Crippen LogP contribution >= 0.6 is 0 Å². The summed E-state index contributed by atoms with van der Waals surface area (Å²) in [4.78, 5) is 4.12. The summed E-state index contributed by atoms with van der Waals surface area (Å²) in [5, 5.41) is 11.2. The summed E-state index contributed by atoms with van der Waals surface area (Å²) in [7, 11) is 0. The number of nitrogens with two attached hydrogens (primary N) is 1. The quantitative estimate of drug-likeness (QED) is 0.243. The summed E-state index contributed by atoms with van der Waals surface area (Å²) in [5.74, 6) is 1.32. The van der Waals surface area contributed by atoms with Gasteiger partial charge in [0.2, 0.25) is 0 Å². The first-order valence-electron chi connectivity index (χ1n) is 4.68. The molecule has 1 heterocycles. The van der Waals surface area contributed by atoms with Crippen molar-refractivity contribution < 1.29 is 5.21 Å². The minimum atomic E-state index is 0.298. The molecule has 0 saturated heterocycles. The molecule has 0 atom stereocenters. The fourth-order valence-electron chi connectivity index (χ4n) is 1.28. The number of aromatic nitrogens is 2. The number of unbranched alkanes of at least 4 members (excludes halogenated alkanes) is 1. The van der Waals surface area contributed by atoms with Gasteiger partial charge < -0.3 is 15.5 Å². The molecule has 0 bridgehead atoms. The van der Waals surface area contributed by atoms with E-state index in [1.54, 1.807) is 6.20 Å². The van der Waals surface area contributed by atoms with Crippen LogP contribution in [0.2, 0.25) is 0 Å². The van der Waals surface area contributed by atoms with Crippen LogP contribution in [0, 0.1) is 6.92 Å². The summed E-state index contributed by atoms with van der Waals surface area (Å²) in [6.45, 7) is 2.91. The summed E-state index contributed by atoms with van der Waals surface area (Å²) >= 11 is 0. The van der Waals surface area contributed by atoms with Gasteiger partial charge in [-0.15, -0.1) is 0 Å². The van der Waals surface area contributed by atoms with Gasteiger partial charge in [0, 0.05) is 25.4 Å². The van der Waals surface area contributed by atoms with E-state index in [1.807, 2.05) is 13.1 Å². The Labute approximate surface area is 83.2 Å². The van der Waals surface area contributed by atoms with E-state index in [1.165, 1.54) is 0 Å². The number of nitrogens with zero attached hydrogens (tertiary/aromatic N) is 3. The molecule has 0 radical (unpaired) electrons. The number of hydrogen-bond donors (Lipinski definition) is 2. The first-order chi connectivity index (χ1) is 6.74. The normalized spacial score (nSPS) is 11.9. The van der Waals surface area contributed by atoms with E-state index in [-0.39, 0.29) is 0 Å². The van der Waals surface area contributed by atoms with Gasteiger partial charge >= 0.3 is 0 Å². The topological polar surface area (TPSA) is 76.4 Å². The van der Waals surface area contributed by atoms with Gasteiger partial charge in [0.1, 0.15) is 11.7 Å². The molecule has 0 aliphatic carbocycles. The molecule has 0 unspecified atom stereocenters. The third kappa shape index (κ3) is 3.08. The fraction of sp³-hybridized carbons (Fsp3) is 0.556. The summed E-state index contributed by atoms with van der Waals surface area (Å²) in [6.07, 6.45) is 6.32. The van der Waals surface area contributed by atoms with Gasteiger partial charge in [-0.05, 0) is 19.8 Å². The molecule has 3 N–H and O–H groups in total. The summed E-state index contributed by atoms with van der Waals surface area (Å²) < 4.78 is 2.09. The van der Waals surface area contributed by atoms with Gasteiger partial charge in [-0.3, -0.25) is 0 Å². The Morgan fingerprint density at radius 3 is 3.00 bits per heavy atom. The van der Waals surface area contributed by atoms with Crippen molar-refractivity contribution in [3.05, 3.63) is 18.2 Å². The largest absolute Gasteiger partial charge is 0.409 e. The highest BCUT2D eigenvalue weighted by atomic mass is 16.4. The molecule has 0 aliphatic rings. The molecule has 78 valence electrons. The third-order valence-corrected chi connectivity index (χ3v) is 2.13. The molecule has 0 saturated carbocycles. The molecule has 1 rings (SSSR count). The van der Waals surface area contributed by atoms with Crippen molar-refractivity contribution in [2.24, 2.45) is 10.9 Å². The Kier molecular flexibility index (Phi) is 3.97. The van der Waals surface area contributed by atoms with Crippen molar-refractivity contribution >= 4 is 5.84 Å². The highest BCUT2D eigenvalue weighted by Crippen LogP contribution is 2.01. The predicted molar refractivity (Wildman–Crippen MR) is 54.2 cm³/mol. The zero-order valence-electron chi connectivity index (χ0n) is 8.35. The number of imidazole rings is 1. The van der Waals surface area contributed by atoms with Crippen LogP contribution in [0.4, 0.5) is 0 Å². The lowest BCUT2D eigenvalue weighted by molar-refractivity contribution is 0.316. The second-order valence-electron chi connectivity index (χ2n) is 3.22. The zero-order chi connectivity index (χ0) is 10.4. The smallest absolute Gasteiger partial charge is 0.139 e. The van der Waals surface area contributed by atoms with Gasteiger partial charge in [-0.25, -0.2) is 4.98 Å². The molecule has 1 aromatic heterocycles. The molecule has 0 aromatic carbocycles. The maximum Gasteiger partial charge on any atom is 0.139 e. The number of hydrogen-bond acceptors (Lipinski definition) is 3. The average molecular weight is 196 g/mol. The van der Waals surface area contributed by atoms with E-state index >= 15 is 0 Å². The van der Waals surface area contributed by atoms with Crippen LogP contribution < -0.4 is 5.73 Å². The van der Waals surface area contributed by atoms with Crippen molar-refractivity contribution in [3.63, 3.8) is 0 Å². The SMILES string of the molecule is Cc1nccn1CCCCC(N)=NO. The van der Waals surface area contributed by atoms with Crippen molar-refractivity contribution in [1.29, 1.82) is 0 Å². The molecule has 5 heteroatoms. The molecule has 0 amide bonds. The minimum Gasteiger partial charge on any atom is -0.409 e. The third-order valence-electron chi connectivity index (χ3n) is 2.13. The van der Waals surface area contributed by atoms with E-state index in [4.69, 9.17) is 10.9 Å². The molecular formula is C9H16N4O. The number of rotatable bonds is 5. The summed E-state index contributed by atoms with van der Waals surface area (Å²) in [5.41, 5.74) is 5.34. The maximum absolute atomic E-state index is 8.31. The fourth-order valence-corrected chi connectivity index (χ4v) is 1.28. The van der Waals surface area contributed by atoms with Crippen LogP contribution in [0.25, 0.3) is 0 Å². The van der Waals surface area contributed by atoms with Crippen molar-refractivity contribution in [2.75, 3.05) is 0 Å². The molecular weight excluding hydrogens is 180 g/mol. The highest BCUT2D eigenvalue weighted by Gasteiger charge is 1.97. The average Bonchev–Trinajstić information content (AvgIpc) is 2.58. The molecule has 0 aliphatic heterocycles. The predicted octanol–water partition coefficient (Wildman–Crippen LogP) is 1.11. The lowest BCUT2D eigenvalue weighted by atomic mass is 10.2. The second kappa shape index (κ2) is 5.26. The molecule has 14 heavy (non-hydrogen) atoms. The highest BCUT2D eigenvalue weighted by molar-refractivity contribution is 5.79. The molecule has 5 nitrogen and oxygen atoms in total. The number of oxime groups is 1. The van der Waals surface area contributed by atoms with Crippen LogP contribution in [0.5, 0.6) is 0 Å². The van der Waals surface area contributed by atoms with Crippen LogP contribution in [-0.2, 0) is 6.54 Å². The monoisotopic (exact) mass is 196 g/mol. The Morgan fingerprint density at radius 2 is 2.43 bits per heavy atom. The second-order valence-corrected chi connectivity index (χ2v) is 3.22. The number of amidine groups is 1. The van der Waals surface area contributed by atoms with Crippen LogP contribution in [0.15, 0.2) is 17.5 Å². The van der Waals surface area contributed by atoms with Gasteiger partial charge in [-0.2, -0.15) is 0 Å². The lowest BCUT2D eigenvalue weighted by Crippen LogP contribution is -2.11. The Hall–Kier alpha value is -1.52. The standard InChI is InChI=1S/C9H16N4O/c1-8-11-5-7-13(8)6-3-2-4-9(10)12-14/h5,7,14H,2-4,6H2,1H3,(H2,10,12). The minimum absolute atomic E-state index is 0.298. The Morgan fingerprint density at radius 1 is 1.64 bits per heavy atom.